The van der Waals surface area contributed by atoms with E-state index < -0.39 is 5.97 Å². The van der Waals surface area contributed by atoms with Gasteiger partial charge in [0.25, 0.3) is 5.91 Å². The summed E-state index contributed by atoms with van der Waals surface area (Å²) in [6.45, 7) is 3.61. The third kappa shape index (κ3) is 5.00. The first-order valence-corrected chi connectivity index (χ1v) is 9.82. The van der Waals surface area contributed by atoms with Gasteiger partial charge in [0.15, 0.2) is 6.61 Å². The Balaban J connectivity index is 1.48. The highest BCUT2D eigenvalue weighted by Crippen LogP contribution is 2.25. The van der Waals surface area contributed by atoms with Crippen molar-refractivity contribution in [2.45, 2.75) is 20.3 Å². The summed E-state index contributed by atoms with van der Waals surface area (Å²) in [7, 11) is 0. The zero-order chi connectivity index (χ0) is 18.5. The number of thiophene rings is 1. The van der Waals surface area contributed by atoms with Gasteiger partial charge in [-0.1, -0.05) is 6.07 Å². The fourth-order valence-corrected chi connectivity index (χ4v) is 4.03. The summed E-state index contributed by atoms with van der Waals surface area (Å²) in [6.07, 6.45) is 0.0530. The number of ether oxygens (including phenoxy) is 1. The van der Waals surface area contributed by atoms with Crippen molar-refractivity contribution in [1.82, 2.24) is 4.98 Å². The molecule has 0 bridgehead atoms. The Hall–Kier alpha value is -2.51. The van der Waals surface area contributed by atoms with Gasteiger partial charge < -0.3 is 10.1 Å². The van der Waals surface area contributed by atoms with Crippen molar-refractivity contribution in [3.63, 3.8) is 0 Å². The van der Waals surface area contributed by atoms with E-state index in [1.165, 1.54) is 11.3 Å². The standard InChI is InChI=1S/C19H18N2O3S2/c1-12-5-13(2)7-15(6-12)20-17(22)9-24-18(23)8-16-11-26-19(21-16)14-3-4-25-10-14/h3-7,10-11H,8-9H2,1-2H3,(H,20,22). The van der Waals surface area contributed by atoms with Crippen LogP contribution in [0, 0.1) is 13.8 Å². The van der Waals surface area contributed by atoms with Crippen LogP contribution in [-0.4, -0.2) is 23.5 Å². The minimum atomic E-state index is -0.470. The van der Waals surface area contributed by atoms with Crippen molar-refractivity contribution in [2.24, 2.45) is 0 Å². The van der Waals surface area contributed by atoms with Gasteiger partial charge in [-0.05, 0) is 48.6 Å². The number of carbonyl (C=O) groups excluding carboxylic acids is 2. The number of esters is 1. The topological polar surface area (TPSA) is 68.3 Å². The van der Waals surface area contributed by atoms with Crippen LogP contribution in [0.1, 0.15) is 16.8 Å². The van der Waals surface area contributed by atoms with Crippen molar-refractivity contribution in [3.8, 4) is 10.6 Å². The molecule has 0 fully saturated rings. The number of hydrogen-bond donors (Lipinski definition) is 1. The van der Waals surface area contributed by atoms with Gasteiger partial charge in [-0.15, -0.1) is 11.3 Å². The highest BCUT2D eigenvalue weighted by Gasteiger charge is 2.12. The third-order valence-electron chi connectivity index (χ3n) is 3.52. The van der Waals surface area contributed by atoms with Gasteiger partial charge >= 0.3 is 5.97 Å². The lowest BCUT2D eigenvalue weighted by Gasteiger charge is -2.08. The molecule has 0 atom stereocenters. The Labute approximate surface area is 159 Å². The largest absolute Gasteiger partial charge is 0.455 e. The molecule has 7 heteroatoms. The average Bonchev–Trinajstić information content (AvgIpc) is 3.23. The number of amides is 1. The molecular formula is C19H18N2O3S2. The maximum atomic E-state index is 12.0. The smallest absolute Gasteiger partial charge is 0.312 e. The van der Waals surface area contributed by atoms with Crippen molar-refractivity contribution in [3.05, 3.63) is 57.2 Å². The molecule has 2 aromatic heterocycles. The first kappa shape index (κ1) is 18.3. The summed E-state index contributed by atoms with van der Waals surface area (Å²) >= 11 is 3.09. The number of nitrogens with one attached hydrogen (secondary N) is 1. The summed E-state index contributed by atoms with van der Waals surface area (Å²) < 4.78 is 5.06. The first-order valence-electron chi connectivity index (χ1n) is 8.00. The molecule has 1 N–H and O–H groups in total. The second kappa shape index (κ2) is 8.25. The molecule has 0 radical (unpaired) electrons. The second-order valence-electron chi connectivity index (χ2n) is 5.92. The Morgan fingerprint density at radius 2 is 1.92 bits per heavy atom. The summed E-state index contributed by atoms with van der Waals surface area (Å²) in [6, 6.07) is 7.75. The lowest BCUT2D eigenvalue weighted by Crippen LogP contribution is -2.21. The molecule has 5 nitrogen and oxygen atoms in total. The van der Waals surface area contributed by atoms with Gasteiger partial charge in [0.05, 0.1) is 12.1 Å². The van der Waals surface area contributed by atoms with Crippen molar-refractivity contribution in [2.75, 3.05) is 11.9 Å². The minimum Gasteiger partial charge on any atom is -0.455 e. The lowest BCUT2D eigenvalue weighted by atomic mass is 10.1. The highest BCUT2D eigenvalue weighted by atomic mass is 32.1. The van der Waals surface area contributed by atoms with E-state index in [1.54, 1.807) is 11.3 Å². The molecule has 0 unspecified atom stereocenters. The van der Waals surface area contributed by atoms with Crippen LogP contribution in [0.25, 0.3) is 10.6 Å². The number of aromatic nitrogens is 1. The van der Waals surface area contributed by atoms with Gasteiger partial charge in [0.2, 0.25) is 0 Å². The number of thiazole rings is 1. The first-order chi connectivity index (χ1) is 12.5. The summed E-state index contributed by atoms with van der Waals surface area (Å²) in [5, 5.41) is 9.45. The number of nitrogens with zero attached hydrogens (tertiary/aromatic N) is 1. The van der Waals surface area contributed by atoms with E-state index in [9.17, 15) is 9.59 Å². The van der Waals surface area contributed by atoms with Crippen LogP contribution < -0.4 is 5.32 Å². The van der Waals surface area contributed by atoms with Gasteiger partial charge in [0, 0.05) is 22.0 Å². The maximum Gasteiger partial charge on any atom is 0.312 e. The summed E-state index contributed by atoms with van der Waals surface area (Å²) in [4.78, 5) is 28.3. The Morgan fingerprint density at radius 1 is 1.15 bits per heavy atom. The fourth-order valence-electron chi connectivity index (χ4n) is 2.50. The van der Waals surface area contributed by atoms with E-state index in [1.807, 2.05) is 54.3 Å². The van der Waals surface area contributed by atoms with Crippen LogP contribution in [0.2, 0.25) is 0 Å². The zero-order valence-electron chi connectivity index (χ0n) is 14.4. The van der Waals surface area contributed by atoms with E-state index in [2.05, 4.69) is 10.3 Å². The molecule has 0 aliphatic carbocycles. The van der Waals surface area contributed by atoms with E-state index >= 15 is 0 Å². The highest BCUT2D eigenvalue weighted by molar-refractivity contribution is 7.14. The monoisotopic (exact) mass is 386 g/mol. The molecule has 3 rings (SSSR count). The number of rotatable bonds is 6. The van der Waals surface area contributed by atoms with Crippen LogP contribution in [0.5, 0.6) is 0 Å². The van der Waals surface area contributed by atoms with Crippen molar-refractivity contribution < 1.29 is 14.3 Å². The number of carbonyl (C=O) groups is 2. The van der Waals surface area contributed by atoms with E-state index in [4.69, 9.17) is 4.74 Å². The molecular weight excluding hydrogens is 368 g/mol. The molecule has 1 amide bonds. The van der Waals surface area contributed by atoms with Crippen LogP contribution in [-0.2, 0) is 20.7 Å². The molecule has 2 heterocycles. The van der Waals surface area contributed by atoms with E-state index in [0.29, 0.717) is 11.4 Å². The molecule has 26 heavy (non-hydrogen) atoms. The van der Waals surface area contributed by atoms with E-state index in [-0.39, 0.29) is 18.9 Å². The van der Waals surface area contributed by atoms with Crippen molar-refractivity contribution >= 4 is 40.2 Å². The average molecular weight is 386 g/mol. The zero-order valence-corrected chi connectivity index (χ0v) is 16.1. The number of benzene rings is 1. The molecule has 3 aromatic rings. The molecule has 0 saturated carbocycles. The maximum absolute atomic E-state index is 12.0. The van der Waals surface area contributed by atoms with E-state index in [0.717, 1.165) is 21.7 Å². The number of aryl methyl sites for hydroxylation is 2. The van der Waals surface area contributed by atoms with Gasteiger partial charge in [0.1, 0.15) is 5.01 Å². The van der Waals surface area contributed by atoms with Gasteiger partial charge in [-0.25, -0.2) is 4.98 Å². The second-order valence-corrected chi connectivity index (χ2v) is 7.56. The fraction of sp³-hybridized carbons (Fsp3) is 0.211. The van der Waals surface area contributed by atoms with Crippen LogP contribution in [0.3, 0.4) is 0 Å². The number of hydrogen-bond acceptors (Lipinski definition) is 6. The lowest BCUT2D eigenvalue weighted by molar-refractivity contribution is -0.146. The Morgan fingerprint density at radius 3 is 2.62 bits per heavy atom. The summed E-state index contributed by atoms with van der Waals surface area (Å²) in [5.41, 5.74) is 4.51. The third-order valence-corrected chi connectivity index (χ3v) is 5.14. The number of anilines is 1. The molecule has 0 aliphatic heterocycles. The molecule has 134 valence electrons. The summed E-state index contributed by atoms with van der Waals surface area (Å²) in [5.74, 6) is -0.830. The SMILES string of the molecule is Cc1cc(C)cc(NC(=O)COC(=O)Cc2csc(-c3ccsc3)n2)c1. The van der Waals surface area contributed by atoms with Crippen molar-refractivity contribution in [1.29, 1.82) is 0 Å². The Kier molecular flexibility index (Phi) is 5.80. The van der Waals surface area contributed by atoms with Gasteiger partial charge in [-0.3, -0.25) is 9.59 Å². The predicted molar refractivity (Wildman–Crippen MR) is 105 cm³/mol. The molecule has 0 saturated heterocycles. The Bertz CT molecular complexity index is 897. The van der Waals surface area contributed by atoms with Crippen LogP contribution >= 0.6 is 22.7 Å². The minimum absolute atomic E-state index is 0.0530. The molecule has 0 aliphatic rings. The van der Waals surface area contributed by atoms with Crippen LogP contribution in [0.15, 0.2) is 40.4 Å². The predicted octanol–water partition coefficient (Wildman–Crippen LogP) is 4.21. The molecule has 1 aromatic carbocycles. The quantitative estimate of drug-likeness (QED) is 0.644. The normalized spacial score (nSPS) is 10.5. The van der Waals surface area contributed by atoms with Crippen LogP contribution in [0.4, 0.5) is 5.69 Å². The van der Waals surface area contributed by atoms with Gasteiger partial charge in [-0.2, -0.15) is 11.3 Å². The molecule has 0 spiro atoms.